The van der Waals surface area contributed by atoms with Crippen molar-refractivity contribution in [1.82, 2.24) is 5.06 Å². The average molecular weight is 191 g/mol. The number of hydroxylamine groups is 2. The highest BCUT2D eigenvalue weighted by Gasteiger charge is 2.20. The zero-order chi connectivity index (χ0) is 9.80. The molecular formula is C12H17NO. The largest absolute Gasteiger partial charge is 0.270 e. The van der Waals surface area contributed by atoms with Crippen molar-refractivity contribution in [1.29, 1.82) is 0 Å². The standard InChI is InChI=1S/C12H17NO/c1-2-10-14-13-9-5-7-11-6-3-4-8-12(11)13/h2-4H,1,5-10H2. The van der Waals surface area contributed by atoms with Crippen LogP contribution in [0.25, 0.3) is 0 Å². The molecular weight excluding hydrogens is 174 g/mol. The van der Waals surface area contributed by atoms with Gasteiger partial charge in [0.15, 0.2) is 0 Å². The van der Waals surface area contributed by atoms with Crippen LogP contribution in [0.3, 0.4) is 0 Å². The van der Waals surface area contributed by atoms with Crippen LogP contribution >= 0.6 is 0 Å². The van der Waals surface area contributed by atoms with E-state index in [2.05, 4.69) is 23.8 Å². The number of hydrogen-bond donors (Lipinski definition) is 0. The molecule has 0 atom stereocenters. The van der Waals surface area contributed by atoms with Crippen LogP contribution in [-0.2, 0) is 4.84 Å². The van der Waals surface area contributed by atoms with E-state index in [9.17, 15) is 0 Å². The van der Waals surface area contributed by atoms with Crippen molar-refractivity contribution >= 4 is 0 Å². The molecule has 76 valence electrons. The molecule has 0 fully saturated rings. The molecule has 1 aliphatic carbocycles. The van der Waals surface area contributed by atoms with Gasteiger partial charge in [0, 0.05) is 18.7 Å². The predicted octanol–water partition coefficient (Wildman–Crippen LogP) is 2.80. The molecule has 1 aliphatic heterocycles. The minimum absolute atomic E-state index is 0.612. The molecule has 14 heavy (non-hydrogen) atoms. The molecule has 0 radical (unpaired) electrons. The Kier molecular flexibility index (Phi) is 3.04. The Morgan fingerprint density at radius 3 is 3.14 bits per heavy atom. The summed E-state index contributed by atoms with van der Waals surface area (Å²) in [7, 11) is 0. The monoisotopic (exact) mass is 191 g/mol. The summed E-state index contributed by atoms with van der Waals surface area (Å²) in [5.74, 6) is 0. The second kappa shape index (κ2) is 4.47. The number of hydrogen-bond acceptors (Lipinski definition) is 2. The normalized spacial score (nSPS) is 21.0. The minimum atomic E-state index is 0.612. The van der Waals surface area contributed by atoms with E-state index >= 15 is 0 Å². The van der Waals surface area contributed by atoms with Gasteiger partial charge < -0.3 is 0 Å². The first kappa shape index (κ1) is 9.53. The molecule has 2 nitrogen and oxygen atoms in total. The summed E-state index contributed by atoms with van der Waals surface area (Å²) in [5, 5.41) is 2.06. The zero-order valence-electron chi connectivity index (χ0n) is 8.54. The third-order valence-corrected chi connectivity index (χ3v) is 2.74. The Bertz CT molecular complexity index is 278. The molecule has 0 bridgehead atoms. The van der Waals surface area contributed by atoms with Crippen LogP contribution in [0.5, 0.6) is 0 Å². The summed E-state index contributed by atoms with van der Waals surface area (Å²) < 4.78 is 0. The van der Waals surface area contributed by atoms with E-state index in [1.165, 1.54) is 18.5 Å². The number of rotatable bonds is 3. The molecule has 0 amide bonds. The molecule has 0 unspecified atom stereocenters. The van der Waals surface area contributed by atoms with Gasteiger partial charge in [-0.25, -0.2) is 0 Å². The van der Waals surface area contributed by atoms with E-state index in [4.69, 9.17) is 4.84 Å². The molecule has 2 heteroatoms. The molecule has 2 aliphatic rings. The Hall–Kier alpha value is -1.02. The maximum absolute atomic E-state index is 5.63. The molecule has 0 N–H and O–H groups in total. The van der Waals surface area contributed by atoms with Crippen molar-refractivity contribution in [2.45, 2.75) is 25.7 Å². The van der Waals surface area contributed by atoms with Gasteiger partial charge in [0.25, 0.3) is 0 Å². The van der Waals surface area contributed by atoms with Crippen molar-refractivity contribution in [3.63, 3.8) is 0 Å². The van der Waals surface area contributed by atoms with Crippen LogP contribution in [0.4, 0.5) is 0 Å². The molecule has 0 spiro atoms. The van der Waals surface area contributed by atoms with Crippen molar-refractivity contribution in [2.24, 2.45) is 0 Å². The second-order valence-electron chi connectivity index (χ2n) is 3.72. The van der Waals surface area contributed by atoms with E-state index in [1.54, 1.807) is 11.6 Å². The third kappa shape index (κ3) is 1.90. The number of nitrogens with zero attached hydrogens (tertiary/aromatic N) is 1. The fourth-order valence-corrected chi connectivity index (χ4v) is 2.06. The van der Waals surface area contributed by atoms with Crippen LogP contribution in [-0.4, -0.2) is 18.2 Å². The fourth-order valence-electron chi connectivity index (χ4n) is 2.06. The molecule has 2 rings (SSSR count). The summed E-state index contributed by atoms with van der Waals surface area (Å²) in [6.07, 6.45) is 10.9. The SMILES string of the molecule is C=CCON1CCCC2=C1CC=CC2. The van der Waals surface area contributed by atoms with Gasteiger partial charge in [0.05, 0.1) is 6.61 Å². The smallest absolute Gasteiger partial charge is 0.0927 e. The minimum Gasteiger partial charge on any atom is -0.270 e. The predicted molar refractivity (Wildman–Crippen MR) is 57.5 cm³/mol. The Morgan fingerprint density at radius 2 is 2.29 bits per heavy atom. The lowest BCUT2D eigenvalue weighted by molar-refractivity contribution is -0.126. The van der Waals surface area contributed by atoms with Gasteiger partial charge in [-0.2, -0.15) is 0 Å². The molecule has 0 saturated heterocycles. The van der Waals surface area contributed by atoms with Crippen LogP contribution in [0.15, 0.2) is 36.1 Å². The van der Waals surface area contributed by atoms with Gasteiger partial charge in [-0.3, -0.25) is 9.90 Å². The van der Waals surface area contributed by atoms with Crippen molar-refractivity contribution in [2.75, 3.05) is 13.2 Å². The van der Waals surface area contributed by atoms with E-state index < -0.39 is 0 Å². The van der Waals surface area contributed by atoms with Gasteiger partial charge in [-0.1, -0.05) is 18.2 Å². The van der Waals surface area contributed by atoms with E-state index in [0.717, 1.165) is 19.4 Å². The van der Waals surface area contributed by atoms with Crippen molar-refractivity contribution in [3.8, 4) is 0 Å². The summed E-state index contributed by atoms with van der Waals surface area (Å²) in [5.41, 5.74) is 2.95. The van der Waals surface area contributed by atoms with Crippen molar-refractivity contribution < 1.29 is 4.84 Å². The second-order valence-corrected chi connectivity index (χ2v) is 3.72. The topological polar surface area (TPSA) is 12.5 Å². The van der Waals surface area contributed by atoms with Gasteiger partial charge in [-0.15, -0.1) is 6.58 Å². The highest BCUT2D eigenvalue weighted by Crippen LogP contribution is 2.30. The quantitative estimate of drug-likeness (QED) is 0.636. The van der Waals surface area contributed by atoms with Crippen LogP contribution in [0.2, 0.25) is 0 Å². The highest BCUT2D eigenvalue weighted by atomic mass is 16.7. The molecule has 0 aromatic heterocycles. The lowest BCUT2D eigenvalue weighted by Gasteiger charge is -2.33. The van der Waals surface area contributed by atoms with Crippen LogP contribution < -0.4 is 0 Å². The maximum atomic E-state index is 5.63. The molecule has 0 saturated carbocycles. The van der Waals surface area contributed by atoms with Gasteiger partial charge in [0.1, 0.15) is 0 Å². The van der Waals surface area contributed by atoms with E-state index in [-0.39, 0.29) is 0 Å². The maximum Gasteiger partial charge on any atom is 0.0927 e. The first-order chi connectivity index (χ1) is 6.92. The Morgan fingerprint density at radius 1 is 1.43 bits per heavy atom. The van der Waals surface area contributed by atoms with Gasteiger partial charge in [0.2, 0.25) is 0 Å². The summed E-state index contributed by atoms with van der Waals surface area (Å²) in [6.45, 7) is 5.31. The Balaban J connectivity index is 2.05. The lowest BCUT2D eigenvalue weighted by atomic mass is 9.95. The highest BCUT2D eigenvalue weighted by molar-refractivity contribution is 5.24. The van der Waals surface area contributed by atoms with Crippen LogP contribution in [0, 0.1) is 0 Å². The van der Waals surface area contributed by atoms with Gasteiger partial charge >= 0.3 is 0 Å². The molecule has 0 aromatic rings. The zero-order valence-corrected chi connectivity index (χ0v) is 8.54. The first-order valence-corrected chi connectivity index (χ1v) is 5.29. The first-order valence-electron chi connectivity index (χ1n) is 5.29. The summed E-state index contributed by atoms with van der Waals surface area (Å²) in [4.78, 5) is 5.63. The molecule has 1 heterocycles. The summed E-state index contributed by atoms with van der Waals surface area (Å²) >= 11 is 0. The summed E-state index contributed by atoms with van der Waals surface area (Å²) in [6, 6.07) is 0. The van der Waals surface area contributed by atoms with E-state index in [1.807, 2.05) is 0 Å². The third-order valence-electron chi connectivity index (χ3n) is 2.74. The van der Waals surface area contributed by atoms with Crippen molar-refractivity contribution in [3.05, 3.63) is 36.1 Å². The lowest BCUT2D eigenvalue weighted by Crippen LogP contribution is -2.29. The van der Waals surface area contributed by atoms with E-state index in [0.29, 0.717) is 6.61 Å². The fraction of sp³-hybridized carbons (Fsp3) is 0.500. The molecule has 0 aromatic carbocycles. The van der Waals surface area contributed by atoms with Gasteiger partial charge in [-0.05, 0) is 24.8 Å². The average Bonchev–Trinajstić information content (AvgIpc) is 2.26. The Labute approximate surface area is 85.5 Å². The number of allylic oxidation sites excluding steroid dienone is 3. The van der Waals surface area contributed by atoms with Crippen LogP contribution in [0.1, 0.15) is 25.7 Å².